The molecule has 1 aromatic heterocycles. The predicted molar refractivity (Wildman–Crippen MR) is 84.9 cm³/mol. The Labute approximate surface area is 129 Å². The zero-order valence-electron chi connectivity index (χ0n) is 13.0. The second-order valence-corrected chi connectivity index (χ2v) is 5.70. The first-order valence-electron chi connectivity index (χ1n) is 7.19. The van der Waals surface area contributed by atoms with Crippen LogP contribution >= 0.6 is 0 Å². The molecule has 1 heterocycles. The van der Waals surface area contributed by atoms with Crippen molar-refractivity contribution in [3.8, 4) is 0 Å². The summed E-state index contributed by atoms with van der Waals surface area (Å²) in [4.78, 5) is 24.0. The number of rotatable bonds is 5. The standard InChI is InChI=1S/C17H20N2O3/c1-4-17(2,3)19-15(20)12-7-9-13(10-8-12)18-16(21)14-6-5-11-22-14/h5-11H,4H2,1-3H3,(H,18,21)(H,19,20). The lowest BCUT2D eigenvalue weighted by Gasteiger charge is -2.24. The first kappa shape index (κ1) is 15.8. The first-order chi connectivity index (χ1) is 10.4. The number of furan rings is 1. The van der Waals surface area contributed by atoms with Gasteiger partial charge < -0.3 is 15.1 Å². The summed E-state index contributed by atoms with van der Waals surface area (Å²) in [7, 11) is 0. The molecule has 0 aliphatic heterocycles. The number of nitrogens with one attached hydrogen (secondary N) is 2. The van der Waals surface area contributed by atoms with Crippen molar-refractivity contribution in [3.63, 3.8) is 0 Å². The van der Waals surface area contributed by atoms with Gasteiger partial charge in [0.1, 0.15) is 0 Å². The van der Waals surface area contributed by atoms with Crippen molar-refractivity contribution in [1.82, 2.24) is 5.32 Å². The number of benzene rings is 1. The molecular formula is C17H20N2O3. The average Bonchev–Trinajstić information content (AvgIpc) is 3.02. The minimum Gasteiger partial charge on any atom is -0.459 e. The topological polar surface area (TPSA) is 71.3 Å². The zero-order valence-corrected chi connectivity index (χ0v) is 13.0. The monoisotopic (exact) mass is 300 g/mol. The molecule has 2 amide bonds. The number of carbonyl (C=O) groups is 2. The van der Waals surface area contributed by atoms with Gasteiger partial charge in [0.25, 0.3) is 11.8 Å². The summed E-state index contributed by atoms with van der Waals surface area (Å²) < 4.78 is 5.02. The van der Waals surface area contributed by atoms with Gasteiger partial charge in [-0.05, 0) is 56.7 Å². The molecule has 2 rings (SSSR count). The number of amides is 2. The third kappa shape index (κ3) is 3.97. The summed E-state index contributed by atoms with van der Waals surface area (Å²) in [6.45, 7) is 5.97. The Morgan fingerprint density at radius 2 is 1.77 bits per heavy atom. The quantitative estimate of drug-likeness (QED) is 0.888. The van der Waals surface area contributed by atoms with Crippen LogP contribution in [0.1, 0.15) is 48.1 Å². The maximum Gasteiger partial charge on any atom is 0.291 e. The minimum atomic E-state index is -0.325. The van der Waals surface area contributed by atoms with Gasteiger partial charge >= 0.3 is 0 Å². The van der Waals surface area contributed by atoms with E-state index in [0.717, 1.165) is 6.42 Å². The van der Waals surface area contributed by atoms with E-state index < -0.39 is 0 Å². The van der Waals surface area contributed by atoms with Crippen LogP contribution in [-0.4, -0.2) is 17.4 Å². The smallest absolute Gasteiger partial charge is 0.291 e. The molecule has 0 aliphatic rings. The number of hydrogen-bond acceptors (Lipinski definition) is 3. The molecule has 0 saturated heterocycles. The molecular weight excluding hydrogens is 280 g/mol. The third-order valence-electron chi connectivity index (χ3n) is 3.49. The van der Waals surface area contributed by atoms with Crippen LogP contribution in [0.3, 0.4) is 0 Å². The second-order valence-electron chi connectivity index (χ2n) is 5.70. The van der Waals surface area contributed by atoms with Crippen LogP contribution in [0.5, 0.6) is 0 Å². The molecule has 22 heavy (non-hydrogen) atoms. The van der Waals surface area contributed by atoms with Crippen molar-refractivity contribution in [1.29, 1.82) is 0 Å². The summed E-state index contributed by atoms with van der Waals surface area (Å²) in [6, 6.07) is 9.98. The zero-order chi connectivity index (χ0) is 16.2. The molecule has 0 fully saturated rings. The lowest BCUT2D eigenvalue weighted by atomic mass is 10.0. The summed E-state index contributed by atoms with van der Waals surface area (Å²) in [5, 5.41) is 5.67. The molecule has 0 aliphatic carbocycles. The molecule has 0 bridgehead atoms. The molecule has 0 saturated carbocycles. The van der Waals surface area contributed by atoms with Gasteiger partial charge in [0, 0.05) is 16.8 Å². The highest BCUT2D eigenvalue weighted by molar-refractivity contribution is 6.02. The highest BCUT2D eigenvalue weighted by atomic mass is 16.3. The van der Waals surface area contributed by atoms with E-state index in [4.69, 9.17) is 4.42 Å². The molecule has 5 nitrogen and oxygen atoms in total. The SMILES string of the molecule is CCC(C)(C)NC(=O)c1ccc(NC(=O)c2ccco2)cc1. The fourth-order valence-corrected chi connectivity index (χ4v) is 1.77. The Balaban J connectivity index is 2.01. The van der Waals surface area contributed by atoms with Crippen LogP contribution in [0, 0.1) is 0 Å². The maximum absolute atomic E-state index is 12.1. The van der Waals surface area contributed by atoms with E-state index in [1.165, 1.54) is 6.26 Å². The Morgan fingerprint density at radius 1 is 1.09 bits per heavy atom. The summed E-state index contributed by atoms with van der Waals surface area (Å²) in [6.07, 6.45) is 2.29. The maximum atomic E-state index is 12.1. The Morgan fingerprint density at radius 3 is 2.32 bits per heavy atom. The van der Waals surface area contributed by atoms with Crippen molar-refractivity contribution in [2.75, 3.05) is 5.32 Å². The first-order valence-corrected chi connectivity index (χ1v) is 7.19. The Bertz CT molecular complexity index is 643. The van der Waals surface area contributed by atoms with Crippen molar-refractivity contribution in [2.24, 2.45) is 0 Å². The van der Waals surface area contributed by atoms with Crippen molar-refractivity contribution in [3.05, 3.63) is 54.0 Å². The van der Waals surface area contributed by atoms with Gasteiger partial charge in [-0.3, -0.25) is 9.59 Å². The number of hydrogen-bond donors (Lipinski definition) is 2. The fraction of sp³-hybridized carbons (Fsp3) is 0.294. The summed E-state index contributed by atoms with van der Waals surface area (Å²) in [5.74, 6) is -0.211. The van der Waals surface area contributed by atoms with Gasteiger partial charge in [-0.2, -0.15) is 0 Å². The molecule has 0 atom stereocenters. The van der Waals surface area contributed by atoms with Crippen molar-refractivity contribution in [2.45, 2.75) is 32.7 Å². The Hall–Kier alpha value is -2.56. The van der Waals surface area contributed by atoms with Crippen LogP contribution in [-0.2, 0) is 0 Å². The van der Waals surface area contributed by atoms with E-state index in [0.29, 0.717) is 11.3 Å². The van der Waals surface area contributed by atoms with Crippen LogP contribution < -0.4 is 10.6 Å². The van der Waals surface area contributed by atoms with Gasteiger partial charge in [-0.25, -0.2) is 0 Å². The second kappa shape index (κ2) is 6.47. The van der Waals surface area contributed by atoms with Gasteiger partial charge in [0.2, 0.25) is 0 Å². The number of anilines is 1. The Kier molecular flexibility index (Phi) is 4.65. The summed E-state index contributed by atoms with van der Waals surface area (Å²) >= 11 is 0. The third-order valence-corrected chi connectivity index (χ3v) is 3.49. The minimum absolute atomic E-state index is 0.129. The van der Waals surface area contributed by atoms with Gasteiger partial charge in [-0.15, -0.1) is 0 Å². The fourth-order valence-electron chi connectivity index (χ4n) is 1.77. The van der Waals surface area contributed by atoms with E-state index >= 15 is 0 Å². The van der Waals surface area contributed by atoms with Crippen LogP contribution in [0.15, 0.2) is 47.1 Å². The molecule has 0 unspecified atom stereocenters. The van der Waals surface area contributed by atoms with E-state index in [1.807, 2.05) is 20.8 Å². The summed E-state index contributed by atoms with van der Waals surface area (Å²) in [5.41, 5.74) is 0.911. The van der Waals surface area contributed by atoms with Gasteiger partial charge in [-0.1, -0.05) is 6.92 Å². The number of carbonyl (C=O) groups excluding carboxylic acids is 2. The van der Waals surface area contributed by atoms with E-state index in [1.54, 1.807) is 36.4 Å². The lowest BCUT2D eigenvalue weighted by Crippen LogP contribution is -2.42. The molecule has 0 radical (unpaired) electrons. The molecule has 0 spiro atoms. The highest BCUT2D eigenvalue weighted by Crippen LogP contribution is 2.14. The van der Waals surface area contributed by atoms with Crippen molar-refractivity contribution >= 4 is 17.5 Å². The van der Waals surface area contributed by atoms with Crippen LogP contribution in [0.25, 0.3) is 0 Å². The van der Waals surface area contributed by atoms with E-state index in [-0.39, 0.29) is 23.1 Å². The van der Waals surface area contributed by atoms with Gasteiger partial charge in [0.15, 0.2) is 5.76 Å². The van der Waals surface area contributed by atoms with Gasteiger partial charge in [0.05, 0.1) is 6.26 Å². The van der Waals surface area contributed by atoms with E-state index in [9.17, 15) is 9.59 Å². The van der Waals surface area contributed by atoms with Crippen molar-refractivity contribution < 1.29 is 14.0 Å². The molecule has 2 aromatic rings. The molecule has 116 valence electrons. The highest BCUT2D eigenvalue weighted by Gasteiger charge is 2.18. The predicted octanol–water partition coefficient (Wildman–Crippen LogP) is 3.45. The average molecular weight is 300 g/mol. The van der Waals surface area contributed by atoms with Crippen LogP contribution in [0.2, 0.25) is 0 Å². The molecule has 2 N–H and O–H groups in total. The lowest BCUT2D eigenvalue weighted by molar-refractivity contribution is 0.0910. The van der Waals surface area contributed by atoms with E-state index in [2.05, 4.69) is 10.6 Å². The normalized spacial score (nSPS) is 11.0. The largest absolute Gasteiger partial charge is 0.459 e. The van der Waals surface area contributed by atoms with Crippen LogP contribution in [0.4, 0.5) is 5.69 Å². The molecule has 5 heteroatoms. The molecule has 1 aromatic carbocycles.